The third kappa shape index (κ3) is 5.89. The van der Waals surface area contributed by atoms with Crippen LogP contribution in [0.3, 0.4) is 0 Å². The van der Waals surface area contributed by atoms with Gasteiger partial charge in [0.2, 0.25) is 10.0 Å². The summed E-state index contributed by atoms with van der Waals surface area (Å²) < 4.78 is 28.8. The van der Waals surface area contributed by atoms with Gasteiger partial charge in [0.15, 0.2) is 9.34 Å². The van der Waals surface area contributed by atoms with Gasteiger partial charge in [-0.3, -0.25) is 4.90 Å². The van der Waals surface area contributed by atoms with E-state index in [1.165, 1.54) is 4.90 Å². The molecule has 1 aromatic carbocycles. The maximum absolute atomic E-state index is 12.9. The number of nitrogens with two attached hydrogens (primary N) is 1. The molecule has 28 heavy (non-hydrogen) atoms. The zero-order valence-corrected chi connectivity index (χ0v) is 17.9. The lowest BCUT2D eigenvalue weighted by molar-refractivity contribution is 0.256. The Bertz CT molecular complexity index is 910. The van der Waals surface area contributed by atoms with E-state index in [1.54, 1.807) is 31.2 Å². The molecule has 0 atom stereocenters. The summed E-state index contributed by atoms with van der Waals surface area (Å²) in [6, 6.07) is 6.57. The van der Waals surface area contributed by atoms with Gasteiger partial charge in [0.1, 0.15) is 5.75 Å². The van der Waals surface area contributed by atoms with Crippen molar-refractivity contribution in [1.29, 1.82) is 0 Å². The fourth-order valence-electron chi connectivity index (χ4n) is 2.32. The molecule has 0 radical (unpaired) electrons. The number of primary sulfonamides is 1. The average molecular weight is 428 g/mol. The van der Waals surface area contributed by atoms with Crippen molar-refractivity contribution in [2.75, 3.05) is 44.0 Å². The highest BCUT2D eigenvalue weighted by molar-refractivity contribution is 7.91. The molecule has 1 heterocycles. The first-order chi connectivity index (χ1) is 13.1. The van der Waals surface area contributed by atoms with E-state index in [4.69, 9.17) is 9.88 Å². The molecule has 0 saturated heterocycles. The number of ether oxygens (including phenoxy) is 1. The topological polar surface area (TPSA) is 118 Å². The van der Waals surface area contributed by atoms with Gasteiger partial charge in [-0.05, 0) is 52.2 Å². The predicted octanol–water partition coefficient (Wildman–Crippen LogP) is 2.10. The second-order valence-corrected chi connectivity index (χ2v) is 8.99. The summed E-state index contributed by atoms with van der Waals surface area (Å²) in [6.07, 6.45) is 0. The van der Waals surface area contributed by atoms with Gasteiger partial charge in [0.25, 0.3) is 0 Å². The average Bonchev–Trinajstić information content (AvgIpc) is 2.98. The number of nitrogens with zero attached hydrogens (tertiary/aromatic N) is 3. The lowest BCUT2D eigenvalue weighted by Crippen LogP contribution is -2.39. The third-order valence-corrected chi connectivity index (χ3v) is 6.40. The van der Waals surface area contributed by atoms with Crippen LogP contribution in [0.2, 0.25) is 0 Å². The van der Waals surface area contributed by atoms with Gasteiger partial charge in [-0.25, -0.2) is 23.3 Å². The van der Waals surface area contributed by atoms with Crippen molar-refractivity contribution >= 4 is 38.2 Å². The van der Waals surface area contributed by atoms with Gasteiger partial charge in [-0.1, -0.05) is 11.3 Å². The maximum Gasteiger partial charge on any atom is 0.328 e. The number of hydrogen-bond acceptors (Lipinski definition) is 7. The molecule has 0 aliphatic heterocycles. The highest BCUT2D eigenvalue weighted by Gasteiger charge is 2.24. The van der Waals surface area contributed by atoms with E-state index in [1.807, 2.05) is 25.9 Å². The lowest BCUT2D eigenvalue weighted by atomic mass is 10.3. The molecule has 2 amide bonds. The molecular formula is C17H25N5O4S2. The van der Waals surface area contributed by atoms with E-state index in [2.05, 4.69) is 10.3 Å². The number of aromatic nitrogens is 1. The van der Waals surface area contributed by atoms with E-state index < -0.39 is 16.1 Å². The van der Waals surface area contributed by atoms with E-state index >= 15 is 0 Å². The Kier molecular flexibility index (Phi) is 7.35. The van der Waals surface area contributed by atoms with Crippen LogP contribution in [-0.2, 0) is 10.0 Å². The van der Waals surface area contributed by atoms with Crippen LogP contribution in [0.5, 0.6) is 5.75 Å². The van der Waals surface area contributed by atoms with Crippen LogP contribution in [0.25, 0.3) is 0 Å². The summed E-state index contributed by atoms with van der Waals surface area (Å²) in [5, 5.41) is 8.31. The number of sulfonamides is 1. The molecule has 0 saturated carbocycles. The molecule has 0 fully saturated rings. The van der Waals surface area contributed by atoms with Crippen LogP contribution in [0.15, 0.2) is 28.5 Å². The molecule has 0 unspecified atom stereocenters. The Morgan fingerprint density at radius 3 is 2.39 bits per heavy atom. The number of carbonyl (C=O) groups is 1. The number of thiazole rings is 1. The second-order valence-electron chi connectivity index (χ2n) is 6.26. The normalized spacial score (nSPS) is 11.5. The van der Waals surface area contributed by atoms with Gasteiger partial charge >= 0.3 is 6.03 Å². The zero-order chi connectivity index (χ0) is 20.9. The smallest absolute Gasteiger partial charge is 0.328 e. The highest BCUT2D eigenvalue weighted by atomic mass is 32.2. The number of benzene rings is 1. The van der Waals surface area contributed by atoms with E-state index in [0.29, 0.717) is 31.1 Å². The van der Waals surface area contributed by atoms with Crippen LogP contribution in [0.1, 0.15) is 12.6 Å². The molecule has 3 N–H and O–H groups in total. The van der Waals surface area contributed by atoms with Crippen molar-refractivity contribution in [3.63, 3.8) is 0 Å². The van der Waals surface area contributed by atoms with Crippen molar-refractivity contribution in [3.8, 4) is 5.75 Å². The summed E-state index contributed by atoms with van der Waals surface area (Å²) >= 11 is 0.877. The van der Waals surface area contributed by atoms with E-state index in [0.717, 1.165) is 11.3 Å². The van der Waals surface area contributed by atoms with Crippen molar-refractivity contribution in [2.24, 2.45) is 5.14 Å². The summed E-state index contributed by atoms with van der Waals surface area (Å²) in [5.74, 6) is 0.707. The Morgan fingerprint density at radius 2 is 1.89 bits per heavy atom. The minimum Gasteiger partial charge on any atom is -0.494 e. The van der Waals surface area contributed by atoms with E-state index in [-0.39, 0.29) is 15.0 Å². The monoisotopic (exact) mass is 427 g/mol. The van der Waals surface area contributed by atoms with E-state index in [9.17, 15) is 13.2 Å². The minimum atomic E-state index is -3.90. The van der Waals surface area contributed by atoms with Crippen LogP contribution >= 0.6 is 11.3 Å². The first kappa shape index (κ1) is 22.1. The van der Waals surface area contributed by atoms with Crippen LogP contribution < -0.4 is 20.1 Å². The van der Waals surface area contributed by atoms with Crippen molar-refractivity contribution in [2.45, 2.75) is 18.1 Å². The zero-order valence-electron chi connectivity index (χ0n) is 16.3. The fourth-order valence-corrected chi connectivity index (χ4v) is 4.30. The molecule has 0 aliphatic carbocycles. The summed E-state index contributed by atoms with van der Waals surface area (Å²) in [4.78, 5) is 20.4. The number of amides is 2. The van der Waals surface area contributed by atoms with Gasteiger partial charge in [-0.2, -0.15) is 0 Å². The molecular weight excluding hydrogens is 402 g/mol. The quantitative estimate of drug-likeness (QED) is 0.666. The molecule has 2 rings (SSSR count). The largest absolute Gasteiger partial charge is 0.494 e. The molecule has 0 aliphatic rings. The Hall–Kier alpha value is -2.21. The first-order valence-corrected chi connectivity index (χ1v) is 10.9. The van der Waals surface area contributed by atoms with Gasteiger partial charge < -0.3 is 15.0 Å². The maximum atomic E-state index is 12.9. The lowest BCUT2D eigenvalue weighted by Gasteiger charge is -2.22. The Morgan fingerprint density at radius 1 is 1.25 bits per heavy atom. The van der Waals surface area contributed by atoms with Gasteiger partial charge in [0, 0.05) is 18.8 Å². The number of aryl methyl sites for hydroxylation is 1. The van der Waals surface area contributed by atoms with Crippen LogP contribution in [-0.4, -0.2) is 58.1 Å². The van der Waals surface area contributed by atoms with Gasteiger partial charge in [-0.15, -0.1) is 0 Å². The minimum absolute atomic E-state index is 0.0498. The first-order valence-electron chi connectivity index (χ1n) is 8.58. The van der Waals surface area contributed by atoms with Crippen molar-refractivity contribution in [1.82, 2.24) is 9.88 Å². The summed E-state index contributed by atoms with van der Waals surface area (Å²) in [6.45, 7) is 4.89. The fraction of sp³-hybridized carbons (Fsp3) is 0.412. The highest BCUT2D eigenvalue weighted by Crippen LogP contribution is 2.29. The number of urea groups is 1. The standard InChI is InChI=1S/C17H25N5O4S2/c1-5-26-14-8-6-13(7-9-14)20-16(23)22(11-10-21(3)4)17-19-12(2)15(27-17)28(18,24)25/h6-9H,5,10-11H2,1-4H3,(H,20,23)(H2,18,24,25). The number of nitrogens with one attached hydrogen (secondary N) is 1. The molecule has 0 bridgehead atoms. The van der Waals surface area contributed by atoms with Crippen LogP contribution in [0, 0.1) is 6.92 Å². The number of likely N-dealkylation sites (N-methyl/N-ethyl adjacent to an activating group) is 1. The Labute approximate surface area is 169 Å². The van der Waals surface area contributed by atoms with Gasteiger partial charge in [0.05, 0.1) is 12.3 Å². The number of anilines is 2. The predicted molar refractivity (Wildman–Crippen MR) is 111 cm³/mol. The van der Waals surface area contributed by atoms with Crippen molar-refractivity contribution in [3.05, 3.63) is 30.0 Å². The third-order valence-electron chi connectivity index (χ3n) is 3.66. The molecule has 2 aromatic rings. The Balaban J connectivity index is 2.25. The molecule has 9 nitrogen and oxygen atoms in total. The molecule has 11 heteroatoms. The summed E-state index contributed by atoms with van der Waals surface area (Å²) in [5.41, 5.74) is 0.856. The molecule has 0 spiro atoms. The van der Waals surface area contributed by atoms with Crippen LogP contribution in [0.4, 0.5) is 15.6 Å². The number of hydrogen-bond donors (Lipinski definition) is 2. The number of carbonyl (C=O) groups excluding carboxylic acids is 1. The second kappa shape index (κ2) is 9.32. The molecule has 1 aromatic heterocycles. The molecule has 154 valence electrons. The van der Waals surface area contributed by atoms with Crippen molar-refractivity contribution < 1.29 is 17.9 Å². The SMILES string of the molecule is CCOc1ccc(NC(=O)N(CCN(C)C)c2nc(C)c(S(N)(=O)=O)s2)cc1. The number of rotatable bonds is 8. The summed E-state index contributed by atoms with van der Waals surface area (Å²) in [7, 11) is -0.138.